The van der Waals surface area contributed by atoms with Crippen molar-refractivity contribution in [3.05, 3.63) is 39.0 Å². The quantitative estimate of drug-likeness (QED) is 0.800. The molecule has 1 atom stereocenters. The van der Waals surface area contributed by atoms with Gasteiger partial charge in [0.1, 0.15) is 5.00 Å². The van der Waals surface area contributed by atoms with E-state index in [2.05, 4.69) is 20.8 Å². The lowest BCUT2D eigenvalue weighted by molar-refractivity contribution is 0.0695. The lowest BCUT2D eigenvalue weighted by atomic mass is 9.72. The van der Waals surface area contributed by atoms with Gasteiger partial charge in [0, 0.05) is 21.8 Å². The molecule has 3 rings (SSSR count). The van der Waals surface area contributed by atoms with Crippen molar-refractivity contribution in [3.8, 4) is 5.00 Å². The van der Waals surface area contributed by atoms with Gasteiger partial charge in [0.15, 0.2) is 6.29 Å². The van der Waals surface area contributed by atoms with Crippen LogP contribution in [0.2, 0.25) is 0 Å². The van der Waals surface area contributed by atoms with Crippen LogP contribution in [0.25, 0.3) is 5.00 Å². The van der Waals surface area contributed by atoms with Gasteiger partial charge in [-0.2, -0.15) is 0 Å². The molecule has 2 aromatic rings. The zero-order chi connectivity index (χ0) is 18.5. The number of hydrogen-bond donors (Lipinski definition) is 1. The second kappa shape index (κ2) is 6.13. The molecule has 0 aliphatic heterocycles. The molecule has 4 nitrogen and oxygen atoms in total. The van der Waals surface area contributed by atoms with Crippen molar-refractivity contribution < 1.29 is 14.7 Å². The molecule has 5 heteroatoms. The van der Waals surface area contributed by atoms with Crippen molar-refractivity contribution >= 4 is 23.6 Å². The fourth-order valence-corrected chi connectivity index (χ4v) is 5.44. The molecule has 1 aliphatic carbocycles. The molecule has 0 saturated heterocycles. The number of nitrogens with zero attached hydrogens (tertiary/aromatic N) is 1. The SMILES string of the molecule is Cc1cc(C=O)c(C)n1-c1sc2c(c1C(=O)O)CC[C@H](C(C)(C)C)C2. The van der Waals surface area contributed by atoms with Crippen LogP contribution in [0.3, 0.4) is 0 Å². The number of aromatic carboxylic acids is 1. The second-order valence-corrected chi connectivity index (χ2v) is 9.16. The van der Waals surface area contributed by atoms with Gasteiger partial charge in [-0.3, -0.25) is 4.79 Å². The van der Waals surface area contributed by atoms with Gasteiger partial charge < -0.3 is 9.67 Å². The van der Waals surface area contributed by atoms with Gasteiger partial charge in [0.25, 0.3) is 0 Å². The van der Waals surface area contributed by atoms with Crippen LogP contribution in [0.1, 0.15) is 69.7 Å². The molecule has 0 spiro atoms. The molecular weight excluding hydrogens is 334 g/mol. The summed E-state index contributed by atoms with van der Waals surface area (Å²) < 4.78 is 1.93. The highest BCUT2D eigenvalue weighted by atomic mass is 32.1. The first-order valence-electron chi connectivity index (χ1n) is 8.67. The zero-order valence-electron chi connectivity index (χ0n) is 15.5. The van der Waals surface area contributed by atoms with Crippen LogP contribution in [0.5, 0.6) is 0 Å². The van der Waals surface area contributed by atoms with Crippen molar-refractivity contribution in [1.82, 2.24) is 4.57 Å². The Balaban J connectivity index is 2.17. The summed E-state index contributed by atoms with van der Waals surface area (Å²) >= 11 is 1.58. The molecule has 0 aromatic carbocycles. The molecule has 0 radical (unpaired) electrons. The van der Waals surface area contributed by atoms with E-state index in [1.54, 1.807) is 11.3 Å². The van der Waals surface area contributed by atoms with Crippen LogP contribution >= 0.6 is 11.3 Å². The summed E-state index contributed by atoms with van der Waals surface area (Å²) in [4.78, 5) is 24.5. The maximum atomic E-state index is 12.0. The van der Waals surface area contributed by atoms with E-state index in [4.69, 9.17) is 0 Å². The van der Waals surface area contributed by atoms with E-state index in [9.17, 15) is 14.7 Å². The Labute approximate surface area is 152 Å². The minimum absolute atomic E-state index is 0.217. The van der Waals surface area contributed by atoms with Crippen LogP contribution in [0.15, 0.2) is 6.07 Å². The molecule has 2 aromatic heterocycles. The minimum atomic E-state index is -0.873. The molecule has 0 fully saturated rings. The molecular formula is C20H25NO3S. The van der Waals surface area contributed by atoms with E-state index < -0.39 is 5.97 Å². The highest BCUT2D eigenvalue weighted by Crippen LogP contribution is 2.44. The summed E-state index contributed by atoms with van der Waals surface area (Å²) in [6.45, 7) is 10.6. The number of rotatable bonds is 3. The number of aldehydes is 1. The molecule has 0 amide bonds. The zero-order valence-corrected chi connectivity index (χ0v) is 16.3. The molecule has 1 N–H and O–H groups in total. The van der Waals surface area contributed by atoms with Gasteiger partial charge in [-0.25, -0.2) is 4.79 Å². The van der Waals surface area contributed by atoms with E-state index >= 15 is 0 Å². The van der Waals surface area contributed by atoms with Gasteiger partial charge >= 0.3 is 5.97 Å². The van der Waals surface area contributed by atoms with Crippen LogP contribution in [-0.2, 0) is 12.8 Å². The third kappa shape index (κ3) is 2.95. The molecule has 25 heavy (non-hydrogen) atoms. The highest BCUT2D eigenvalue weighted by Gasteiger charge is 2.34. The number of fused-ring (bicyclic) bond motifs is 1. The minimum Gasteiger partial charge on any atom is -0.478 e. The average Bonchev–Trinajstić information content (AvgIpc) is 3.02. The fraction of sp³-hybridized carbons (Fsp3) is 0.500. The van der Waals surface area contributed by atoms with Gasteiger partial charge in [0.2, 0.25) is 0 Å². The molecule has 0 bridgehead atoms. The summed E-state index contributed by atoms with van der Waals surface area (Å²) in [5.74, 6) is -0.313. The molecule has 0 saturated carbocycles. The second-order valence-electron chi connectivity index (χ2n) is 8.07. The van der Waals surface area contributed by atoms with Crippen LogP contribution in [0.4, 0.5) is 0 Å². The van der Waals surface area contributed by atoms with Crippen molar-refractivity contribution in [1.29, 1.82) is 0 Å². The summed E-state index contributed by atoms with van der Waals surface area (Å²) in [5, 5.41) is 10.6. The number of thiophene rings is 1. The Bertz CT molecular complexity index is 851. The number of carbonyl (C=O) groups excluding carboxylic acids is 1. The first-order valence-corrected chi connectivity index (χ1v) is 9.49. The molecule has 2 heterocycles. The third-order valence-corrected chi connectivity index (χ3v) is 6.73. The number of hydrogen-bond acceptors (Lipinski definition) is 3. The first-order chi connectivity index (χ1) is 11.6. The molecule has 134 valence electrons. The number of carboxylic acids is 1. The van der Waals surface area contributed by atoms with Crippen molar-refractivity contribution in [2.24, 2.45) is 11.3 Å². The van der Waals surface area contributed by atoms with Crippen LogP contribution in [0, 0.1) is 25.2 Å². The maximum Gasteiger partial charge on any atom is 0.339 e. The fourth-order valence-electron chi connectivity index (χ4n) is 3.91. The van der Waals surface area contributed by atoms with Crippen molar-refractivity contribution in [3.63, 3.8) is 0 Å². The van der Waals surface area contributed by atoms with Crippen molar-refractivity contribution in [2.75, 3.05) is 0 Å². The third-order valence-electron chi connectivity index (χ3n) is 5.49. The summed E-state index contributed by atoms with van der Waals surface area (Å²) in [7, 11) is 0. The Morgan fingerprint density at radius 1 is 1.36 bits per heavy atom. The number of carbonyl (C=O) groups is 2. The number of aromatic nitrogens is 1. The molecule has 1 aliphatic rings. The largest absolute Gasteiger partial charge is 0.478 e. The van der Waals surface area contributed by atoms with Gasteiger partial charge in [-0.05, 0) is 56.1 Å². The van der Waals surface area contributed by atoms with E-state index in [0.29, 0.717) is 17.0 Å². The summed E-state index contributed by atoms with van der Waals surface area (Å²) in [6.07, 6.45) is 3.61. The Kier molecular flexibility index (Phi) is 4.40. The average molecular weight is 359 g/mol. The monoisotopic (exact) mass is 359 g/mol. The van der Waals surface area contributed by atoms with E-state index in [-0.39, 0.29) is 5.41 Å². The van der Waals surface area contributed by atoms with Crippen LogP contribution in [-0.4, -0.2) is 21.9 Å². The highest BCUT2D eigenvalue weighted by molar-refractivity contribution is 7.15. The summed E-state index contributed by atoms with van der Waals surface area (Å²) in [5.41, 5.74) is 3.96. The van der Waals surface area contributed by atoms with Crippen LogP contribution < -0.4 is 0 Å². The van der Waals surface area contributed by atoms with E-state index in [0.717, 1.165) is 47.5 Å². The van der Waals surface area contributed by atoms with Gasteiger partial charge in [0.05, 0.1) is 5.56 Å². The number of carboxylic acid groups (broad SMARTS) is 1. The smallest absolute Gasteiger partial charge is 0.339 e. The lowest BCUT2D eigenvalue weighted by Gasteiger charge is -2.33. The molecule has 0 unspecified atom stereocenters. The lowest BCUT2D eigenvalue weighted by Crippen LogP contribution is -2.26. The van der Waals surface area contributed by atoms with Gasteiger partial charge in [-0.15, -0.1) is 11.3 Å². The normalized spacial score (nSPS) is 17.4. The van der Waals surface area contributed by atoms with E-state index in [1.807, 2.05) is 24.5 Å². The summed E-state index contributed by atoms with van der Waals surface area (Å²) in [6, 6.07) is 1.82. The van der Waals surface area contributed by atoms with Gasteiger partial charge in [-0.1, -0.05) is 20.8 Å². The Hall–Kier alpha value is -1.88. The first kappa shape index (κ1) is 17.9. The Morgan fingerprint density at radius 3 is 2.56 bits per heavy atom. The predicted molar refractivity (Wildman–Crippen MR) is 100 cm³/mol. The standard InChI is InChI=1S/C20H25NO3S/c1-11-8-13(10-22)12(2)21(11)18-17(19(23)24)15-7-6-14(20(3,4)5)9-16(15)25-18/h8,10,14H,6-7,9H2,1-5H3,(H,23,24)/t14-/m0/s1. The van der Waals surface area contributed by atoms with E-state index in [1.165, 1.54) is 4.88 Å². The topological polar surface area (TPSA) is 59.3 Å². The number of aryl methyl sites for hydroxylation is 1. The van der Waals surface area contributed by atoms with Crippen molar-refractivity contribution in [2.45, 2.75) is 53.9 Å². The predicted octanol–water partition coefficient (Wildman–Crippen LogP) is 4.82. The maximum absolute atomic E-state index is 12.0. The Morgan fingerprint density at radius 2 is 2.04 bits per heavy atom.